The van der Waals surface area contributed by atoms with Crippen LogP contribution in [-0.4, -0.2) is 16.7 Å². The van der Waals surface area contributed by atoms with Crippen LogP contribution in [0.5, 0.6) is 0 Å². The highest BCUT2D eigenvalue weighted by molar-refractivity contribution is 7.58. The highest BCUT2D eigenvalue weighted by Gasteiger charge is 2.10. The second-order valence-corrected chi connectivity index (χ2v) is 5.01. The minimum atomic E-state index is -1.23. The molecule has 5 heteroatoms. The first-order valence-corrected chi connectivity index (χ1v) is 6.44. The van der Waals surface area contributed by atoms with Crippen LogP contribution in [0.1, 0.15) is 0 Å². The lowest BCUT2D eigenvalue weighted by atomic mass is 10.2. The number of nitrogens with zero attached hydrogens (tertiary/aromatic N) is 1. The summed E-state index contributed by atoms with van der Waals surface area (Å²) in [6, 6.07) is 9.05. The van der Waals surface area contributed by atoms with Gasteiger partial charge in [0.25, 0.3) is 0 Å². The molecule has 1 heterocycles. The largest absolute Gasteiger partial charge is 0.366 e. The second-order valence-electron chi connectivity index (χ2n) is 3.08. The fourth-order valence-corrected chi connectivity index (χ4v) is 1.77. The smallest absolute Gasteiger partial charge is 0.185 e. The van der Waals surface area contributed by atoms with Crippen LogP contribution in [0, 0.1) is 0 Å². The molecule has 0 aliphatic heterocycles. The molecule has 1 aromatic heterocycles. The summed E-state index contributed by atoms with van der Waals surface area (Å²) in [5.74, 6) is 0. The Hall–Kier alpha value is -0.890. The van der Waals surface area contributed by atoms with E-state index in [0.29, 0.717) is 16.2 Å². The van der Waals surface area contributed by atoms with Crippen molar-refractivity contribution in [1.82, 2.24) is 5.16 Å². The molecule has 0 amide bonds. The zero-order chi connectivity index (χ0) is 10.8. The van der Waals surface area contributed by atoms with E-state index in [0.717, 1.165) is 5.56 Å². The Morgan fingerprint density at radius 1 is 1.33 bits per heavy atom. The minimum Gasteiger partial charge on any atom is -0.366 e. The van der Waals surface area contributed by atoms with E-state index in [9.17, 15) is 4.89 Å². The van der Waals surface area contributed by atoms with Gasteiger partial charge in [-0.05, 0) is 18.8 Å². The standard InChI is InChI=1S/C10H9ClNO2P/c1-15(13)10-6-9(12-14-10)7-2-4-8(11)5-3-7/h2-6,13H,1H3. The lowest BCUT2D eigenvalue weighted by Gasteiger charge is -1.94. The van der Waals surface area contributed by atoms with Gasteiger partial charge in [0.1, 0.15) is 5.69 Å². The summed E-state index contributed by atoms with van der Waals surface area (Å²) in [6.45, 7) is 1.70. The van der Waals surface area contributed by atoms with E-state index in [-0.39, 0.29) is 0 Å². The third kappa shape index (κ3) is 2.37. The highest BCUT2D eigenvalue weighted by atomic mass is 35.5. The zero-order valence-corrected chi connectivity index (χ0v) is 9.66. The van der Waals surface area contributed by atoms with Crippen LogP contribution < -0.4 is 5.50 Å². The molecule has 78 valence electrons. The van der Waals surface area contributed by atoms with Gasteiger partial charge in [-0.1, -0.05) is 28.9 Å². The molecule has 2 rings (SSSR count). The SMILES string of the molecule is CP(O)c1cc(-c2ccc(Cl)cc2)no1. The van der Waals surface area contributed by atoms with Gasteiger partial charge in [-0.25, -0.2) is 0 Å². The fourth-order valence-electron chi connectivity index (χ4n) is 1.17. The molecule has 0 fully saturated rings. The van der Waals surface area contributed by atoms with E-state index in [1.165, 1.54) is 0 Å². The lowest BCUT2D eigenvalue weighted by molar-refractivity contribution is 0.444. The zero-order valence-electron chi connectivity index (χ0n) is 8.01. The number of halogens is 1. The maximum absolute atomic E-state index is 9.34. The van der Waals surface area contributed by atoms with Crippen molar-refractivity contribution in [3.05, 3.63) is 35.4 Å². The van der Waals surface area contributed by atoms with Gasteiger partial charge < -0.3 is 9.42 Å². The average Bonchev–Trinajstić information content (AvgIpc) is 2.68. The predicted molar refractivity (Wildman–Crippen MR) is 61.6 cm³/mol. The van der Waals surface area contributed by atoms with Crippen LogP contribution in [0.2, 0.25) is 5.02 Å². The third-order valence-corrected chi connectivity index (χ3v) is 3.06. The van der Waals surface area contributed by atoms with Gasteiger partial charge in [0.2, 0.25) is 0 Å². The average molecular weight is 242 g/mol. The first-order chi connectivity index (χ1) is 7.16. The Balaban J connectivity index is 2.33. The molecular formula is C10H9ClNO2P. The van der Waals surface area contributed by atoms with Crippen LogP contribution in [0.4, 0.5) is 0 Å². The Labute approximate surface area is 93.5 Å². The normalized spacial score (nSPS) is 12.7. The number of benzene rings is 1. The third-order valence-electron chi connectivity index (χ3n) is 1.96. The summed E-state index contributed by atoms with van der Waals surface area (Å²) in [5, 5.41) is 4.56. The Bertz CT molecular complexity index is 453. The van der Waals surface area contributed by atoms with Crippen LogP contribution in [0.3, 0.4) is 0 Å². The fraction of sp³-hybridized carbons (Fsp3) is 0.100. The topological polar surface area (TPSA) is 46.3 Å². The first kappa shape index (κ1) is 10.6. The van der Waals surface area contributed by atoms with Gasteiger partial charge in [-0.3, -0.25) is 0 Å². The van der Waals surface area contributed by atoms with E-state index in [1.807, 2.05) is 12.1 Å². The second kappa shape index (κ2) is 4.31. The minimum absolute atomic E-state index is 0.523. The van der Waals surface area contributed by atoms with Gasteiger partial charge in [0.05, 0.1) is 8.15 Å². The van der Waals surface area contributed by atoms with E-state index in [2.05, 4.69) is 5.16 Å². The molecule has 1 N–H and O–H groups in total. The predicted octanol–water partition coefficient (Wildman–Crippen LogP) is 2.64. The molecular weight excluding hydrogens is 233 g/mol. The van der Waals surface area contributed by atoms with Gasteiger partial charge in [0, 0.05) is 16.7 Å². The maximum Gasteiger partial charge on any atom is 0.185 e. The van der Waals surface area contributed by atoms with Crippen molar-refractivity contribution in [2.75, 3.05) is 6.66 Å². The molecule has 0 aliphatic rings. The van der Waals surface area contributed by atoms with Crippen LogP contribution in [-0.2, 0) is 0 Å². The van der Waals surface area contributed by atoms with Gasteiger partial charge in [-0.2, -0.15) is 0 Å². The van der Waals surface area contributed by atoms with E-state index in [1.54, 1.807) is 24.9 Å². The van der Waals surface area contributed by atoms with Crippen molar-refractivity contribution in [2.24, 2.45) is 0 Å². The molecule has 2 aromatic rings. The molecule has 1 atom stereocenters. The van der Waals surface area contributed by atoms with Crippen LogP contribution in [0.25, 0.3) is 11.3 Å². The van der Waals surface area contributed by atoms with Crippen molar-refractivity contribution in [2.45, 2.75) is 0 Å². The molecule has 0 spiro atoms. The Morgan fingerprint density at radius 2 is 2.00 bits per heavy atom. The molecule has 1 unspecified atom stereocenters. The van der Waals surface area contributed by atoms with Crippen LogP contribution in [0.15, 0.2) is 34.9 Å². The molecule has 3 nitrogen and oxygen atoms in total. The van der Waals surface area contributed by atoms with Crippen molar-refractivity contribution < 1.29 is 9.42 Å². The van der Waals surface area contributed by atoms with Gasteiger partial charge in [-0.15, -0.1) is 0 Å². The number of rotatable bonds is 2. The van der Waals surface area contributed by atoms with E-state index < -0.39 is 8.15 Å². The summed E-state index contributed by atoms with van der Waals surface area (Å²) >= 11 is 5.77. The van der Waals surface area contributed by atoms with Gasteiger partial charge >= 0.3 is 0 Å². The molecule has 0 radical (unpaired) electrons. The van der Waals surface area contributed by atoms with Crippen molar-refractivity contribution in [3.63, 3.8) is 0 Å². The van der Waals surface area contributed by atoms with Crippen molar-refractivity contribution >= 4 is 25.3 Å². The molecule has 15 heavy (non-hydrogen) atoms. The summed E-state index contributed by atoms with van der Waals surface area (Å²) in [5.41, 5.74) is 2.16. The van der Waals surface area contributed by atoms with E-state index in [4.69, 9.17) is 16.1 Å². The lowest BCUT2D eigenvalue weighted by Crippen LogP contribution is -1.92. The number of hydrogen-bond donors (Lipinski definition) is 1. The van der Waals surface area contributed by atoms with Gasteiger partial charge in [0.15, 0.2) is 5.50 Å². The maximum atomic E-state index is 9.34. The van der Waals surface area contributed by atoms with Crippen molar-refractivity contribution in [3.8, 4) is 11.3 Å². The molecule has 0 bridgehead atoms. The molecule has 0 saturated carbocycles. The summed E-state index contributed by atoms with van der Waals surface area (Å²) in [6.07, 6.45) is 0. The molecule has 1 aromatic carbocycles. The number of hydrogen-bond acceptors (Lipinski definition) is 3. The molecule has 0 saturated heterocycles. The highest BCUT2D eigenvalue weighted by Crippen LogP contribution is 2.26. The van der Waals surface area contributed by atoms with Crippen LogP contribution >= 0.6 is 19.7 Å². The summed E-state index contributed by atoms with van der Waals surface area (Å²) in [7, 11) is -1.23. The monoisotopic (exact) mass is 241 g/mol. The first-order valence-electron chi connectivity index (χ1n) is 4.32. The Morgan fingerprint density at radius 3 is 2.53 bits per heavy atom. The number of aromatic nitrogens is 1. The quantitative estimate of drug-likeness (QED) is 0.822. The van der Waals surface area contributed by atoms with Crippen molar-refractivity contribution in [1.29, 1.82) is 0 Å². The summed E-state index contributed by atoms with van der Waals surface area (Å²) in [4.78, 5) is 9.34. The summed E-state index contributed by atoms with van der Waals surface area (Å²) < 4.78 is 5.01. The van der Waals surface area contributed by atoms with E-state index >= 15 is 0 Å². The Kier molecular flexibility index (Phi) is 3.06. The molecule has 0 aliphatic carbocycles.